The van der Waals surface area contributed by atoms with E-state index in [1.165, 1.54) is 0 Å². The van der Waals surface area contributed by atoms with E-state index >= 15 is 0 Å². The molecular formula is C27H33NO3. The zero-order valence-electron chi connectivity index (χ0n) is 19.3. The lowest BCUT2D eigenvalue weighted by atomic mass is 9.94. The van der Waals surface area contributed by atoms with Gasteiger partial charge in [0, 0.05) is 24.2 Å². The molecule has 0 saturated heterocycles. The van der Waals surface area contributed by atoms with Gasteiger partial charge in [0.25, 0.3) is 0 Å². The Labute approximate surface area is 185 Å². The lowest BCUT2D eigenvalue weighted by Crippen LogP contribution is -2.32. The first-order valence-corrected chi connectivity index (χ1v) is 11.1. The molecule has 0 aliphatic rings. The second kappa shape index (κ2) is 11.9. The van der Waals surface area contributed by atoms with Gasteiger partial charge in [-0.05, 0) is 53.9 Å². The molecule has 0 aliphatic heterocycles. The van der Waals surface area contributed by atoms with Crippen molar-refractivity contribution in [2.45, 2.75) is 40.5 Å². The highest BCUT2D eigenvalue weighted by Gasteiger charge is 2.17. The van der Waals surface area contributed by atoms with Gasteiger partial charge in [0.15, 0.2) is 5.78 Å². The Morgan fingerprint density at radius 1 is 0.903 bits per heavy atom. The topological polar surface area (TPSA) is 46.6 Å². The Bertz CT molecular complexity index is 1010. The average molecular weight is 420 g/mol. The Balaban J connectivity index is 0.00000166. The minimum absolute atomic E-state index is 0.0436. The molecule has 3 aromatic rings. The second-order valence-electron chi connectivity index (χ2n) is 7.07. The number of carbonyl (C=O) groups is 2. The molecule has 3 aromatic carbocycles. The van der Waals surface area contributed by atoms with Crippen LogP contribution >= 0.6 is 0 Å². The number of hydrogen-bond donors (Lipinski definition) is 0. The van der Waals surface area contributed by atoms with E-state index in [1.54, 1.807) is 7.11 Å². The van der Waals surface area contributed by atoms with Gasteiger partial charge in [0.2, 0.25) is 5.91 Å². The number of ketones is 1. The molecule has 3 rings (SSSR count). The average Bonchev–Trinajstić information content (AvgIpc) is 2.83. The molecule has 31 heavy (non-hydrogen) atoms. The maximum Gasteiger partial charge on any atom is 0.227 e. The van der Waals surface area contributed by atoms with E-state index in [0.717, 1.165) is 35.1 Å². The number of fused-ring (bicyclic) bond motifs is 1. The largest absolute Gasteiger partial charge is 0.497 e. The summed E-state index contributed by atoms with van der Waals surface area (Å²) in [7, 11) is 1.62. The minimum atomic E-state index is -0.0436. The van der Waals surface area contributed by atoms with Crippen LogP contribution in [0.15, 0.2) is 60.7 Å². The molecule has 0 saturated carbocycles. The molecular weight excluding hydrogens is 386 g/mol. The predicted molar refractivity (Wildman–Crippen MR) is 128 cm³/mol. The van der Waals surface area contributed by atoms with Crippen molar-refractivity contribution in [1.82, 2.24) is 4.90 Å². The van der Waals surface area contributed by atoms with E-state index in [2.05, 4.69) is 6.92 Å². The summed E-state index contributed by atoms with van der Waals surface area (Å²) >= 11 is 0. The fourth-order valence-corrected chi connectivity index (χ4v) is 3.58. The molecule has 0 fully saturated rings. The molecule has 0 N–H and O–H groups in total. The summed E-state index contributed by atoms with van der Waals surface area (Å²) < 4.78 is 5.37. The summed E-state index contributed by atoms with van der Waals surface area (Å²) in [6, 6.07) is 18.7. The number of methoxy groups -OCH3 is 1. The van der Waals surface area contributed by atoms with Crippen molar-refractivity contribution in [2.75, 3.05) is 20.2 Å². The smallest absolute Gasteiger partial charge is 0.227 e. The fraction of sp³-hybridized carbons (Fsp3) is 0.333. The molecule has 0 aliphatic carbocycles. The third-order valence-corrected chi connectivity index (χ3v) is 5.11. The van der Waals surface area contributed by atoms with Gasteiger partial charge in [-0.15, -0.1) is 0 Å². The Kier molecular flexibility index (Phi) is 9.26. The van der Waals surface area contributed by atoms with Crippen LogP contribution in [-0.2, 0) is 11.2 Å². The SMILES string of the molecule is CC.CCCN(CC)C(=O)Cc1cc(C(=O)c2ccccc2)cc2ccc(OC)cc12. The van der Waals surface area contributed by atoms with Gasteiger partial charge < -0.3 is 9.64 Å². The van der Waals surface area contributed by atoms with Crippen molar-refractivity contribution in [2.24, 2.45) is 0 Å². The van der Waals surface area contributed by atoms with Crippen LogP contribution in [0.3, 0.4) is 0 Å². The summed E-state index contributed by atoms with van der Waals surface area (Å²) in [5.41, 5.74) is 2.08. The summed E-state index contributed by atoms with van der Waals surface area (Å²) in [6.07, 6.45) is 1.17. The summed E-state index contributed by atoms with van der Waals surface area (Å²) in [6.45, 7) is 9.47. The molecule has 0 unspecified atom stereocenters. The van der Waals surface area contributed by atoms with E-state index < -0.39 is 0 Å². The standard InChI is InChI=1S/C25H27NO3.C2H6/c1-4-13-26(5-2)24(27)16-20-15-21(25(28)18-9-7-6-8-10-18)14-19-11-12-22(29-3)17-23(19)20;1-2/h6-12,14-15,17H,4-5,13,16H2,1-3H3;1-2H3. The molecule has 0 heterocycles. The molecule has 0 atom stereocenters. The second-order valence-corrected chi connectivity index (χ2v) is 7.07. The Morgan fingerprint density at radius 3 is 2.23 bits per heavy atom. The lowest BCUT2D eigenvalue weighted by molar-refractivity contribution is -0.130. The van der Waals surface area contributed by atoms with E-state index in [0.29, 0.717) is 17.7 Å². The van der Waals surface area contributed by atoms with E-state index in [-0.39, 0.29) is 18.1 Å². The fourth-order valence-electron chi connectivity index (χ4n) is 3.58. The minimum Gasteiger partial charge on any atom is -0.497 e. The van der Waals surface area contributed by atoms with Crippen molar-refractivity contribution < 1.29 is 14.3 Å². The molecule has 164 valence electrons. The van der Waals surface area contributed by atoms with Crippen LogP contribution in [-0.4, -0.2) is 36.8 Å². The first-order valence-electron chi connectivity index (χ1n) is 11.1. The van der Waals surface area contributed by atoms with Gasteiger partial charge in [-0.2, -0.15) is 0 Å². The maximum atomic E-state index is 13.0. The highest BCUT2D eigenvalue weighted by molar-refractivity contribution is 6.11. The number of carbonyl (C=O) groups excluding carboxylic acids is 2. The number of likely N-dealkylation sites (N-methyl/N-ethyl adjacent to an activating group) is 1. The van der Waals surface area contributed by atoms with Crippen LogP contribution in [0.4, 0.5) is 0 Å². The van der Waals surface area contributed by atoms with Crippen LogP contribution in [0.2, 0.25) is 0 Å². The van der Waals surface area contributed by atoms with Crippen molar-refractivity contribution >= 4 is 22.5 Å². The van der Waals surface area contributed by atoms with Gasteiger partial charge in [0.1, 0.15) is 5.75 Å². The van der Waals surface area contributed by atoms with E-state index in [4.69, 9.17) is 4.74 Å². The zero-order chi connectivity index (χ0) is 22.8. The molecule has 1 amide bonds. The number of nitrogens with zero attached hydrogens (tertiary/aromatic N) is 1. The zero-order valence-corrected chi connectivity index (χ0v) is 19.3. The quantitative estimate of drug-likeness (QED) is 0.427. The van der Waals surface area contributed by atoms with E-state index in [9.17, 15) is 9.59 Å². The first-order chi connectivity index (χ1) is 15.1. The van der Waals surface area contributed by atoms with Crippen LogP contribution in [0.5, 0.6) is 5.75 Å². The van der Waals surface area contributed by atoms with Gasteiger partial charge in [-0.1, -0.05) is 57.2 Å². The van der Waals surface area contributed by atoms with Crippen LogP contribution in [0.1, 0.15) is 55.6 Å². The lowest BCUT2D eigenvalue weighted by Gasteiger charge is -2.21. The summed E-state index contributed by atoms with van der Waals surface area (Å²) in [4.78, 5) is 27.8. The normalized spacial score (nSPS) is 10.2. The Morgan fingerprint density at radius 2 is 1.61 bits per heavy atom. The highest BCUT2D eigenvalue weighted by Crippen LogP contribution is 2.27. The van der Waals surface area contributed by atoms with Gasteiger partial charge in [-0.25, -0.2) is 0 Å². The van der Waals surface area contributed by atoms with Crippen molar-refractivity contribution in [3.05, 3.63) is 77.4 Å². The summed E-state index contributed by atoms with van der Waals surface area (Å²) in [5.74, 6) is 0.759. The molecule has 4 heteroatoms. The third kappa shape index (κ3) is 5.94. The molecule has 0 spiro atoms. The Hall–Kier alpha value is -3.14. The van der Waals surface area contributed by atoms with Crippen molar-refractivity contribution in [1.29, 1.82) is 0 Å². The number of benzene rings is 3. The molecule has 0 aromatic heterocycles. The number of ether oxygens (including phenoxy) is 1. The molecule has 0 radical (unpaired) electrons. The van der Waals surface area contributed by atoms with Gasteiger partial charge in [-0.3, -0.25) is 9.59 Å². The predicted octanol–water partition coefficient (Wildman–Crippen LogP) is 5.91. The van der Waals surface area contributed by atoms with Crippen LogP contribution in [0, 0.1) is 0 Å². The van der Waals surface area contributed by atoms with Crippen molar-refractivity contribution in [3.8, 4) is 5.75 Å². The number of amides is 1. The van der Waals surface area contributed by atoms with Gasteiger partial charge >= 0.3 is 0 Å². The van der Waals surface area contributed by atoms with E-state index in [1.807, 2.05) is 86.3 Å². The first kappa shape index (κ1) is 24.1. The molecule has 0 bridgehead atoms. The third-order valence-electron chi connectivity index (χ3n) is 5.11. The highest BCUT2D eigenvalue weighted by atomic mass is 16.5. The number of hydrogen-bond acceptors (Lipinski definition) is 3. The monoisotopic (exact) mass is 419 g/mol. The molecule has 4 nitrogen and oxygen atoms in total. The van der Waals surface area contributed by atoms with Gasteiger partial charge in [0.05, 0.1) is 13.5 Å². The van der Waals surface area contributed by atoms with Crippen LogP contribution < -0.4 is 4.74 Å². The maximum absolute atomic E-state index is 13.0. The summed E-state index contributed by atoms with van der Waals surface area (Å²) in [5, 5.41) is 1.86. The van der Waals surface area contributed by atoms with Crippen LogP contribution in [0.25, 0.3) is 10.8 Å². The van der Waals surface area contributed by atoms with Crippen molar-refractivity contribution in [3.63, 3.8) is 0 Å². The number of rotatable bonds is 8.